The van der Waals surface area contributed by atoms with Crippen molar-refractivity contribution in [2.24, 2.45) is 0 Å². The Morgan fingerprint density at radius 3 is 2.76 bits per heavy atom. The highest BCUT2D eigenvalue weighted by atomic mass is 15.4. The summed E-state index contributed by atoms with van der Waals surface area (Å²) in [5.74, 6) is 0. The van der Waals surface area contributed by atoms with Crippen LogP contribution in [0.2, 0.25) is 0 Å². The average molecular weight is 237 g/mol. The Morgan fingerprint density at radius 1 is 1.29 bits per heavy atom. The zero-order chi connectivity index (χ0) is 11.9. The largest absolute Gasteiger partial charge is 0.312 e. The Balaban J connectivity index is 1.58. The summed E-state index contributed by atoms with van der Waals surface area (Å²) in [7, 11) is 0. The highest BCUT2D eigenvalue weighted by Gasteiger charge is 2.17. The van der Waals surface area contributed by atoms with Crippen LogP contribution in [0.5, 0.6) is 0 Å². The number of aromatic nitrogens is 3. The Hall–Kier alpha value is -0.940. The first kappa shape index (κ1) is 12.5. The van der Waals surface area contributed by atoms with E-state index in [9.17, 15) is 0 Å². The minimum atomic E-state index is 0.687. The third kappa shape index (κ3) is 4.09. The molecule has 1 fully saturated rings. The Kier molecular flexibility index (Phi) is 4.94. The van der Waals surface area contributed by atoms with Crippen molar-refractivity contribution in [3.63, 3.8) is 0 Å². The number of rotatable bonds is 6. The molecule has 0 amide bonds. The van der Waals surface area contributed by atoms with E-state index in [1.807, 2.05) is 10.9 Å². The standard InChI is InChI=1S/C12H23N5/c1-2-7-16-8-3-12(4-9-16)13-5-10-17-11-6-14-15-17/h6,11-13H,2-5,7-10H2,1H3. The van der Waals surface area contributed by atoms with E-state index >= 15 is 0 Å². The van der Waals surface area contributed by atoms with Crippen molar-refractivity contribution in [1.29, 1.82) is 0 Å². The molecule has 17 heavy (non-hydrogen) atoms. The molecule has 0 bridgehead atoms. The van der Waals surface area contributed by atoms with Gasteiger partial charge in [-0.05, 0) is 38.9 Å². The molecular formula is C12H23N5. The minimum absolute atomic E-state index is 0.687. The van der Waals surface area contributed by atoms with Gasteiger partial charge in [0.15, 0.2) is 0 Å². The van der Waals surface area contributed by atoms with E-state index < -0.39 is 0 Å². The number of hydrogen-bond donors (Lipinski definition) is 1. The van der Waals surface area contributed by atoms with Crippen LogP contribution in [0.25, 0.3) is 0 Å². The van der Waals surface area contributed by atoms with Crippen LogP contribution in [0.4, 0.5) is 0 Å². The van der Waals surface area contributed by atoms with E-state index in [1.54, 1.807) is 6.20 Å². The van der Waals surface area contributed by atoms with Gasteiger partial charge in [0.05, 0.1) is 12.7 Å². The van der Waals surface area contributed by atoms with Crippen molar-refractivity contribution < 1.29 is 0 Å². The quantitative estimate of drug-likeness (QED) is 0.793. The number of nitrogens with zero attached hydrogens (tertiary/aromatic N) is 4. The summed E-state index contributed by atoms with van der Waals surface area (Å²) >= 11 is 0. The van der Waals surface area contributed by atoms with Crippen molar-refractivity contribution in [3.05, 3.63) is 12.4 Å². The summed E-state index contributed by atoms with van der Waals surface area (Å²) in [6.45, 7) is 7.90. The van der Waals surface area contributed by atoms with Crippen LogP contribution < -0.4 is 5.32 Å². The smallest absolute Gasteiger partial charge is 0.0692 e. The summed E-state index contributed by atoms with van der Waals surface area (Å²) in [4.78, 5) is 2.57. The van der Waals surface area contributed by atoms with Crippen LogP contribution in [0, 0.1) is 0 Å². The van der Waals surface area contributed by atoms with Gasteiger partial charge in [0.2, 0.25) is 0 Å². The third-order valence-electron chi connectivity index (χ3n) is 3.37. The van der Waals surface area contributed by atoms with Gasteiger partial charge >= 0.3 is 0 Å². The zero-order valence-electron chi connectivity index (χ0n) is 10.7. The maximum atomic E-state index is 3.95. The monoisotopic (exact) mass is 237 g/mol. The SMILES string of the molecule is CCCN1CCC(NCCn2ccnn2)CC1. The Morgan fingerprint density at radius 2 is 2.12 bits per heavy atom. The van der Waals surface area contributed by atoms with Gasteiger partial charge in [0, 0.05) is 18.8 Å². The summed E-state index contributed by atoms with van der Waals surface area (Å²) < 4.78 is 1.87. The van der Waals surface area contributed by atoms with E-state index in [1.165, 1.54) is 38.9 Å². The first-order valence-corrected chi connectivity index (χ1v) is 6.68. The van der Waals surface area contributed by atoms with Gasteiger partial charge in [-0.3, -0.25) is 4.68 Å². The molecule has 0 spiro atoms. The second-order valence-electron chi connectivity index (χ2n) is 4.74. The van der Waals surface area contributed by atoms with Gasteiger partial charge in [-0.15, -0.1) is 5.10 Å². The van der Waals surface area contributed by atoms with E-state index in [2.05, 4.69) is 27.5 Å². The highest BCUT2D eigenvalue weighted by Crippen LogP contribution is 2.10. The number of nitrogens with one attached hydrogen (secondary N) is 1. The molecule has 1 aliphatic rings. The normalized spacial score (nSPS) is 18.6. The molecule has 5 nitrogen and oxygen atoms in total. The fourth-order valence-electron chi connectivity index (χ4n) is 2.41. The van der Waals surface area contributed by atoms with Crippen molar-refractivity contribution >= 4 is 0 Å². The van der Waals surface area contributed by atoms with Crippen molar-refractivity contribution in [3.8, 4) is 0 Å². The van der Waals surface area contributed by atoms with Crippen LogP contribution in [-0.4, -0.2) is 52.1 Å². The maximum Gasteiger partial charge on any atom is 0.0692 e. The van der Waals surface area contributed by atoms with E-state index in [0.717, 1.165) is 13.1 Å². The fourth-order valence-corrected chi connectivity index (χ4v) is 2.41. The predicted octanol–water partition coefficient (Wildman–Crippen LogP) is 0.742. The van der Waals surface area contributed by atoms with Crippen molar-refractivity contribution in [2.75, 3.05) is 26.2 Å². The molecule has 0 atom stereocenters. The summed E-state index contributed by atoms with van der Waals surface area (Å²) in [5.41, 5.74) is 0. The molecule has 1 saturated heterocycles. The second-order valence-corrected chi connectivity index (χ2v) is 4.74. The maximum absolute atomic E-state index is 3.95. The molecule has 0 aliphatic carbocycles. The number of piperidine rings is 1. The van der Waals surface area contributed by atoms with Gasteiger partial charge in [-0.2, -0.15) is 0 Å². The lowest BCUT2D eigenvalue weighted by atomic mass is 10.1. The van der Waals surface area contributed by atoms with E-state index in [-0.39, 0.29) is 0 Å². The zero-order valence-corrected chi connectivity index (χ0v) is 10.7. The number of hydrogen-bond acceptors (Lipinski definition) is 4. The molecule has 1 aliphatic heterocycles. The lowest BCUT2D eigenvalue weighted by Crippen LogP contribution is -2.43. The second kappa shape index (κ2) is 6.71. The molecule has 1 aromatic rings. The van der Waals surface area contributed by atoms with Crippen LogP contribution in [0.1, 0.15) is 26.2 Å². The molecular weight excluding hydrogens is 214 g/mol. The molecule has 5 heteroatoms. The predicted molar refractivity (Wildman–Crippen MR) is 67.8 cm³/mol. The van der Waals surface area contributed by atoms with Crippen LogP contribution >= 0.6 is 0 Å². The van der Waals surface area contributed by atoms with Gasteiger partial charge in [0.1, 0.15) is 0 Å². The fraction of sp³-hybridized carbons (Fsp3) is 0.833. The summed E-state index contributed by atoms with van der Waals surface area (Å²) in [5, 5.41) is 11.4. The first-order chi connectivity index (χ1) is 8.38. The molecule has 2 heterocycles. The van der Waals surface area contributed by atoms with Gasteiger partial charge in [-0.25, -0.2) is 0 Å². The molecule has 2 rings (SSSR count). The summed E-state index contributed by atoms with van der Waals surface area (Å²) in [6.07, 6.45) is 7.45. The molecule has 0 saturated carbocycles. The van der Waals surface area contributed by atoms with Gasteiger partial charge < -0.3 is 10.2 Å². The molecule has 0 aromatic carbocycles. The minimum Gasteiger partial charge on any atom is -0.312 e. The van der Waals surface area contributed by atoms with Crippen LogP contribution in [-0.2, 0) is 6.54 Å². The molecule has 96 valence electrons. The van der Waals surface area contributed by atoms with Crippen molar-refractivity contribution in [1.82, 2.24) is 25.2 Å². The Bertz CT molecular complexity index is 290. The average Bonchev–Trinajstić information content (AvgIpc) is 2.85. The third-order valence-corrected chi connectivity index (χ3v) is 3.37. The Labute approximate surface area is 103 Å². The molecule has 0 radical (unpaired) electrons. The van der Waals surface area contributed by atoms with Crippen LogP contribution in [0.15, 0.2) is 12.4 Å². The molecule has 1 N–H and O–H groups in total. The first-order valence-electron chi connectivity index (χ1n) is 6.68. The lowest BCUT2D eigenvalue weighted by Gasteiger charge is -2.32. The summed E-state index contributed by atoms with van der Waals surface area (Å²) in [6, 6.07) is 0.687. The van der Waals surface area contributed by atoms with Gasteiger partial charge in [0.25, 0.3) is 0 Å². The topological polar surface area (TPSA) is 46.0 Å². The van der Waals surface area contributed by atoms with E-state index in [4.69, 9.17) is 0 Å². The van der Waals surface area contributed by atoms with E-state index in [0.29, 0.717) is 6.04 Å². The van der Waals surface area contributed by atoms with Gasteiger partial charge in [-0.1, -0.05) is 12.1 Å². The van der Waals surface area contributed by atoms with Crippen LogP contribution in [0.3, 0.4) is 0 Å². The molecule has 0 unspecified atom stereocenters. The highest BCUT2D eigenvalue weighted by molar-refractivity contribution is 4.77. The number of likely N-dealkylation sites (tertiary alicyclic amines) is 1. The van der Waals surface area contributed by atoms with Crippen molar-refractivity contribution in [2.45, 2.75) is 38.8 Å². The lowest BCUT2D eigenvalue weighted by molar-refractivity contribution is 0.197. The molecule has 1 aromatic heterocycles.